The van der Waals surface area contributed by atoms with Gasteiger partial charge in [-0.15, -0.1) is 0 Å². The maximum absolute atomic E-state index is 6.73. The van der Waals surface area contributed by atoms with Gasteiger partial charge < -0.3 is 13.9 Å². The Labute approximate surface area is 353 Å². The van der Waals surface area contributed by atoms with E-state index < -0.39 is 0 Å². The quantitative estimate of drug-likeness (QED) is 0.161. The number of benzene rings is 10. The zero-order valence-corrected chi connectivity index (χ0v) is 33.2. The number of furan rings is 1. The summed E-state index contributed by atoms with van der Waals surface area (Å²) in [4.78, 5) is 2.35. The molecule has 0 saturated carbocycles. The van der Waals surface area contributed by atoms with E-state index in [1.165, 1.54) is 43.9 Å². The van der Waals surface area contributed by atoms with E-state index in [1.54, 1.807) is 0 Å². The molecule has 2 aromatic heterocycles. The molecule has 0 saturated heterocycles. The van der Waals surface area contributed by atoms with Gasteiger partial charge in [0.25, 0.3) is 0 Å². The van der Waals surface area contributed by atoms with Crippen LogP contribution in [-0.2, 0) is 0 Å². The molecule has 0 spiro atoms. The number of hydrogen-bond acceptors (Lipinski definition) is 2. The van der Waals surface area contributed by atoms with Crippen LogP contribution in [0.25, 0.3) is 93.6 Å². The number of hydrogen-bond donors (Lipinski definition) is 0. The lowest BCUT2D eigenvalue weighted by Crippen LogP contribution is -2.10. The minimum Gasteiger partial charge on any atom is -0.455 e. The van der Waals surface area contributed by atoms with Crippen LogP contribution in [0.5, 0.6) is 0 Å². The van der Waals surface area contributed by atoms with Crippen LogP contribution in [0.3, 0.4) is 0 Å². The molecule has 0 atom stereocenters. The lowest BCUT2D eigenvalue weighted by atomic mass is 10.00. The first kappa shape index (κ1) is 34.9. The van der Waals surface area contributed by atoms with Gasteiger partial charge in [0.05, 0.1) is 16.7 Å². The van der Waals surface area contributed by atoms with Gasteiger partial charge in [0.1, 0.15) is 11.2 Å². The summed E-state index contributed by atoms with van der Waals surface area (Å²) >= 11 is 0. The van der Waals surface area contributed by atoms with Crippen molar-refractivity contribution in [2.45, 2.75) is 0 Å². The SMILES string of the molecule is c1ccc(-c2cccc(N(c3ccc(-c4ccccc4-n4c5ccccc5c5ccccc54)cc3)c3ccc(-c4cccc5c4oc4c6ccccc6ccc54)cc3)c2)cc1. The number of rotatable bonds is 7. The first-order valence-electron chi connectivity index (χ1n) is 20.8. The Morgan fingerprint density at radius 3 is 1.59 bits per heavy atom. The molecule has 0 aliphatic carbocycles. The van der Waals surface area contributed by atoms with E-state index in [1.807, 2.05) is 0 Å². The Morgan fingerprint density at radius 1 is 0.311 bits per heavy atom. The van der Waals surface area contributed by atoms with Crippen molar-refractivity contribution >= 4 is 71.6 Å². The molecule has 0 N–H and O–H groups in total. The topological polar surface area (TPSA) is 21.3 Å². The molecule has 3 heteroatoms. The minimum absolute atomic E-state index is 0.908. The number of fused-ring (bicyclic) bond motifs is 8. The summed E-state index contributed by atoms with van der Waals surface area (Å²) in [6, 6.07) is 82.8. The third kappa shape index (κ3) is 5.82. The van der Waals surface area contributed by atoms with Gasteiger partial charge in [0, 0.05) is 55.1 Å². The molecule has 10 aromatic carbocycles. The Bertz CT molecular complexity index is 3520. The molecule has 61 heavy (non-hydrogen) atoms. The maximum Gasteiger partial charge on any atom is 0.143 e. The lowest BCUT2D eigenvalue weighted by Gasteiger charge is -2.26. The molecule has 0 fully saturated rings. The van der Waals surface area contributed by atoms with Gasteiger partial charge in [-0.1, -0.05) is 170 Å². The van der Waals surface area contributed by atoms with Gasteiger partial charge in [-0.2, -0.15) is 0 Å². The van der Waals surface area contributed by atoms with Crippen LogP contribution in [0.1, 0.15) is 0 Å². The van der Waals surface area contributed by atoms with Gasteiger partial charge in [-0.25, -0.2) is 0 Å². The highest BCUT2D eigenvalue weighted by Gasteiger charge is 2.19. The molecular formula is C58H38N2O. The molecule has 0 bridgehead atoms. The summed E-state index contributed by atoms with van der Waals surface area (Å²) in [7, 11) is 0. The van der Waals surface area contributed by atoms with Crippen molar-refractivity contribution < 1.29 is 4.42 Å². The number of aromatic nitrogens is 1. The van der Waals surface area contributed by atoms with E-state index >= 15 is 0 Å². The fourth-order valence-electron chi connectivity index (χ4n) is 9.33. The van der Waals surface area contributed by atoms with E-state index in [4.69, 9.17) is 4.42 Å². The molecule has 0 aliphatic heterocycles. The molecule has 12 rings (SSSR count). The summed E-state index contributed by atoms with van der Waals surface area (Å²) in [6.45, 7) is 0. The molecule has 0 aliphatic rings. The predicted molar refractivity (Wildman–Crippen MR) is 257 cm³/mol. The summed E-state index contributed by atoms with van der Waals surface area (Å²) in [5.41, 5.74) is 15.5. The molecule has 3 nitrogen and oxygen atoms in total. The standard InChI is InChI=1S/C58H38N2O/c1-2-14-39(15-3-1)43-17-12-18-46(38-43)59(45-35-30-42(31-36-45)49-23-13-24-52-53-37-32-40-16-4-5-20-48(40)58(53)61-57(49)52)44-33-28-41(29-34-44)47-19-6-9-25-54(47)60-55-26-10-7-21-50(55)51-22-8-11-27-56(51)60/h1-38H. The Morgan fingerprint density at radius 2 is 0.852 bits per heavy atom. The van der Waals surface area contributed by atoms with Crippen molar-refractivity contribution in [1.82, 2.24) is 4.57 Å². The molecule has 286 valence electrons. The van der Waals surface area contributed by atoms with Crippen LogP contribution >= 0.6 is 0 Å². The van der Waals surface area contributed by atoms with E-state index in [2.05, 4.69) is 240 Å². The van der Waals surface area contributed by atoms with Gasteiger partial charge in [0.15, 0.2) is 0 Å². The fraction of sp³-hybridized carbons (Fsp3) is 0. The highest BCUT2D eigenvalue weighted by Crippen LogP contribution is 2.42. The fourth-order valence-corrected chi connectivity index (χ4v) is 9.33. The Hall–Kier alpha value is -8.14. The van der Waals surface area contributed by atoms with Crippen molar-refractivity contribution in [2.75, 3.05) is 4.90 Å². The lowest BCUT2D eigenvalue weighted by molar-refractivity contribution is 0.674. The Kier molecular flexibility index (Phi) is 8.17. The Balaban J connectivity index is 0.966. The van der Waals surface area contributed by atoms with Crippen LogP contribution < -0.4 is 4.90 Å². The molecule has 0 radical (unpaired) electrons. The highest BCUT2D eigenvalue weighted by atomic mass is 16.3. The summed E-state index contributed by atoms with van der Waals surface area (Å²) in [5.74, 6) is 0. The van der Waals surface area contributed by atoms with E-state index in [9.17, 15) is 0 Å². The van der Waals surface area contributed by atoms with Gasteiger partial charge in [-0.3, -0.25) is 0 Å². The van der Waals surface area contributed by atoms with Crippen LogP contribution in [0, 0.1) is 0 Å². The first-order valence-corrected chi connectivity index (χ1v) is 20.8. The molecule has 0 amide bonds. The average Bonchev–Trinajstić information content (AvgIpc) is 3.89. The zero-order chi connectivity index (χ0) is 40.3. The van der Waals surface area contributed by atoms with Crippen LogP contribution in [0.2, 0.25) is 0 Å². The molecular weight excluding hydrogens is 741 g/mol. The monoisotopic (exact) mass is 778 g/mol. The first-order chi connectivity index (χ1) is 30.3. The largest absolute Gasteiger partial charge is 0.455 e. The number of anilines is 3. The average molecular weight is 779 g/mol. The van der Waals surface area contributed by atoms with Gasteiger partial charge in [0.2, 0.25) is 0 Å². The van der Waals surface area contributed by atoms with Crippen LogP contribution in [0.15, 0.2) is 235 Å². The van der Waals surface area contributed by atoms with Crippen molar-refractivity contribution in [3.05, 3.63) is 231 Å². The van der Waals surface area contributed by atoms with Crippen molar-refractivity contribution in [2.24, 2.45) is 0 Å². The van der Waals surface area contributed by atoms with Gasteiger partial charge in [-0.05, 0) is 88.3 Å². The van der Waals surface area contributed by atoms with Gasteiger partial charge >= 0.3 is 0 Å². The van der Waals surface area contributed by atoms with Crippen LogP contribution in [-0.4, -0.2) is 4.57 Å². The second-order valence-corrected chi connectivity index (χ2v) is 15.7. The highest BCUT2D eigenvalue weighted by molar-refractivity contribution is 6.17. The third-order valence-corrected chi connectivity index (χ3v) is 12.2. The number of para-hydroxylation sites is 4. The summed E-state index contributed by atoms with van der Waals surface area (Å²) in [5, 5.41) is 7.08. The third-order valence-electron chi connectivity index (χ3n) is 12.2. The molecule has 0 unspecified atom stereocenters. The van der Waals surface area contributed by atoms with Crippen molar-refractivity contribution in [1.29, 1.82) is 0 Å². The summed E-state index contributed by atoms with van der Waals surface area (Å²) in [6.07, 6.45) is 0. The molecule has 2 heterocycles. The maximum atomic E-state index is 6.73. The van der Waals surface area contributed by atoms with Crippen molar-refractivity contribution in [3.8, 4) is 39.1 Å². The second kappa shape index (κ2) is 14.3. The zero-order valence-electron chi connectivity index (χ0n) is 33.2. The second-order valence-electron chi connectivity index (χ2n) is 15.7. The van der Waals surface area contributed by atoms with E-state index in [-0.39, 0.29) is 0 Å². The minimum atomic E-state index is 0.908. The molecule has 12 aromatic rings. The van der Waals surface area contributed by atoms with Crippen molar-refractivity contribution in [3.63, 3.8) is 0 Å². The normalized spacial score (nSPS) is 11.6. The van der Waals surface area contributed by atoms with E-state index in [0.29, 0.717) is 0 Å². The number of nitrogens with zero attached hydrogens (tertiary/aromatic N) is 2. The van der Waals surface area contributed by atoms with Crippen LogP contribution in [0.4, 0.5) is 17.1 Å². The predicted octanol–water partition coefficient (Wildman–Crippen LogP) is 16.3. The van der Waals surface area contributed by atoms with E-state index in [0.717, 1.165) is 66.8 Å². The summed E-state index contributed by atoms with van der Waals surface area (Å²) < 4.78 is 9.14. The smallest absolute Gasteiger partial charge is 0.143 e.